The van der Waals surface area contributed by atoms with Crippen LogP contribution in [0.15, 0.2) is 53.8 Å². The van der Waals surface area contributed by atoms with E-state index in [1.54, 1.807) is 6.08 Å². The molecule has 4 nitrogen and oxygen atoms in total. The van der Waals surface area contributed by atoms with Crippen LogP contribution in [0.3, 0.4) is 0 Å². The normalized spacial score (nSPS) is 10.5. The van der Waals surface area contributed by atoms with Crippen LogP contribution in [0.1, 0.15) is 50.2 Å². The van der Waals surface area contributed by atoms with Crippen molar-refractivity contribution in [3.8, 4) is 0 Å². The number of rotatable bonds is 10. The molecule has 0 aromatic heterocycles. The van der Waals surface area contributed by atoms with Crippen LogP contribution in [-0.4, -0.2) is 17.2 Å². The monoisotopic (exact) mass is 466 g/mol. The van der Waals surface area contributed by atoms with Gasteiger partial charge in [-0.05, 0) is 58.1 Å². The molecule has 0 spiro atoms. The van der Waals surface area contributed by atoms with Gasteiger partial charge < -0.3 is 14.6 Å². The van der Waals surface area contributed by atoms with Gasteiger partial charge in [-0.2, -0.15) is 0 Å². The fraction of sp³-hybridized carbons (Fsp3) is 0.364. The number of carbonyl (C=O) groups excluding carboxylic acids is 1. The van der Waals surface area contributed by atoms with E-state index in [-0.39, 0.29) is 5.76 Å². The summed E-state index contributed by atoms with van der Waals surface area (Å²) in [4.78, 5) is 9.33. The molecule has 1 aromatic rings. The number of para-hydroxylation sites is 1. The van der Waals surface area contributed by atoms with Crippen molar-refractivity contribution in [2.75, 3.05) is 4.67 Å². The summed E-state index contributed by atoms with van der Waals surface area (Å²) in [5.41, 5.74) is 3.29. The largest absolute Gasteiger partial charge is 0.513 e. The molecule has 0 heterocycles. The first kappa shape index (κ1) is 26.3. The molecule has 0 aliphatic heterocycles. The minimum Gasteiger partial charge on any atom is -0.513 e. The number of allylic oxidation sites excluding steroid dienone is 4. The molecule has 1 rings (SSSR count). The zero-order valence-corrected chi connectivity index (χ0v) is 19.6. The summed E-state index contributed by atoms with van der Waals surface area (Å²) in [5.74, 6) is 0.772. The Balaban J connectivity index is 0.00000129. The molecule has 1 aromatic carbocycles. The highest BCUT2D eigenvalue weighted by Gasteiger charge is 2.14. The molecule has 28 heavy (non-hydrogen) atoms. The fourth-order valence-electron chi connectivity index (χ4n) is 2.44. The number of anilines is 1. The Kier molecular flexibility index (Phi) is 14.3. The number of unbranched alkanes of at least 4 members (excludes halogenated alkanes) is 1. The van der Waals surface area contributed by atoms with E-state index < -0.39 is 0 Å². The van der Waals surface area contributed by atoms with Gasteiger partial charge in [0, 0.05) is 19.3 Å². The average Bonchev–Trinajstić information content (AvgIpc) is 2.64. The van der Waals surface area contributed by atoms with Gasteiger partial charge >= 0.3 is 0 Å². The predicted molar refractivity (Wildman–Crippen MR) is 129 cm³/mol. The minimum absolute atomic E-state index is 0.194. The second kappa shape index (κ2) is 15.2. The minimum atomic E-state index is 0.194. The SMILES string of the molecule is C=C(O)CCc1cccc(C)c1N(P)C(=N)CCC/C=C(\C)Br.C=CCC=O. The lowest BCUT2D eigenvalue weighted by molar-refractivity contribution is -0.107. The van der Waals surface area contributed by atoms with E-state index in [1.165, 1.54) is 0 Å². The molecule has 0 bridgehead atoms. The van der Waals surface area contributed by atoms with Gasteiger partial charge in [0.05, 0.1) is 11.4 Å². The summed E-state index contributed by atoms with van der Waals surface area (Å²) in [5, 5.41) is 17.7. The average molecular weight is 467 g/mol. The second-order valence-corrected chi connectivity index (χ2v) is 8.11. The number of aldehydes is 1. The maximum atomic E-state index is 9.34. The van der Waals surface area contributed by atoms with E-state index in [0.29, 0.717) is 18.7 Å². The summed E-state index contributed by atoms with van der Waals surface area (Å²) in [6.45, 7) is 10.9. The van der Waals surface area contributed by atoms with Gasteiger partial charge in [-0.25, -0.2) is 0 Å². The lowest BCUT2D eigenvalue weighted by atomic mass is 10.0. The number of nitrogens with one attached hydrogen (secondary N) is 1. The molecule has 0 fully saturated rings. The predicted octanol–water partition coefficient (Wildman–Crippen LogP) is 6.80. The Bertz CT molecular complexity index is 692. The van der Waals surface area contributed by atoms with Crippen LogP contribution >= 0.6 is 25.3 Å². The molecule has 0 amide bonds. The van der Waals surface area contributed by atoms with Crippen LogP contribution in [0.4, 0.5) is 5.69 Å². The Hall–Kier alpha value is -1.71. The van der Waals surface area contributed by atoms with Crippen LogP contribution in [0.25, 0.3) is 0 Å². The first-order valence-electron chi connectivity index (χ1n) is 9.18. The van der Waals surface area contributed by atoms with Crippen molar-refractivity contribution in [3.05, 3.63) is 64.9 Å². The highest BCUT2D eigenvalue weighted by Crippen LogP contribution is 2.30. The number of amidine groups is 1. The lowest BCUT2D eigenvalue weighted by Gasteiger charge is -2.25. The van der Waals surface area contributed by atoms with Gasteiger partial charge in [0.15, 0.2) is 0 Å². The van der Waals surface area contributed by atoms with Crippen molar-refractivity contribution < 1.29 is 9.90 Å². The van der Waals surface area contributed by atoms with E-state index in [0.717, 1.165) is 53.3 Å². The van der Waals surface area contributed by atoms with Gasteiger partial charge in [0.25, 0.3) is 0 Å². The Morgan fingerprint density at radius 1 is 1.39 bits per heavy atom. The van der Waals surface area contributed by atoms with Crippen molar-refractivity contribution in [1.29, 1.82) is 5.41 Å². The highest BCUT2D eigenvalue weighted by molar-refractivity contribution is 9.11. The number of aliphatic hydroxyl groups excluding tert-OH is 1. The number of hydrogen-bond acceptors (Lipinski definition) is 3. The molecule has 1 atom stereocenters. The first-order chi connectivity index (χ1) is 13.2. The summed E-state index contributed by atoms with van der Waals surface area (Å²) in [6, 6.07) is 6.11. The third kappa shape index (κ3) is 11.2. The second-order valence-electron chi connectivity index (χ2n) is 6.34. The van der Waals surface area contributed by atoms with Gasteiger partial charge in [-0.1, -0.05) is 52.9 Å². The molecular weight excluding hydrogens is 435 g/mol. The van der Waals surface area contributed by atoms with E-state index in [9.17, 15) is 9.90 Å². The fourth-order valence-corrected chi connectivity index (χ4v) is 3.17. The molecule has 0 aliphatic carbocycles. The number of carbonyl (C=O) groups is 1. The third-order valence-electron chi connectivity index (χ3n) is 3.84. The van der Waals surface area contributed by atoms with E-state index in [1.807, 2.05) is 36.7 Å². The number of aliphatic hydroxyl groups is 1. The van der Waals surface area contributed by atoms with Gasteiger partial charge in [-0.15, -0.1) is 6.58 Å². The van der Waals surface area contributed by atoms with Crippen LogP contribution < -0.4 is 4.67 Å². The van der Waals surface area contributed by atoms with Crippen molar-refractivity contribution in [2.45, 2.75) is 52.4 Å². The molecule has 154 valence electrons. The number of halogens is 1. The standard InChI is InChI=1S/C18H26BrN2OP.C4H6O/c1-13-7-6-9-16(12-11-15(3)22)18(13)21(23)17(20)10-5-4-8-14(2)19;1-2-3-4-5/h6-9,20,22H,3-5,10-12,23H2,1-2H3;2,4H,1,3H2/b14-8+,20-17?;. The molecule has 0 saturated heterocycles. The summed E-state index contributed by atoms with van der Waals surface area (Å²) < 4.78 is 3.02. The Morgan fingerprint density at radius 3 is 2.57 bits per heavy atom. The van der Waals surface area contributed by atoms with Crippen LogP contribution in [0.2, 0.25) is 0 Å². The van der Waals surface area contributed by atoms with Crippen LogP contribution in [-0.2, 0) is 11.2 Å². The number of benzene rings is 1. The van der Waals surface area contributed by atoms with Gasteiger partial charge in [-0.3, -0.25) is 5.41 Å². The summed E-state index contributed by atoms with van der Waals surface area (Å²) in [6.07, 6.45) is 8.87. The number of aryl methyl sites for hydroxylation is 2. The first-order valence-corrected chi connectivity index (χ1v) is 10.5. The quantitative estimate of drug-likeness (QED) is 0.0756. The molecule has 0 saturated carbocycles. The lowest BCUT2D eigenvalue weighted by Crippen LogP contribution is -2.21. The van der Waals surface area contributed by atoms with Gasteiger partial charge in [0.1, 0.15) is 12.1 Å². The maximum Gasteiger partial charge on any atom is 0.123 e. The van der Waals surface area contributed by atoms with Crippen molar-refractivity contribution >= 4 is 43.1 Å². The van der Waals surface area contributed by atoms with Crippen molar-refractivity contribution in [3.63, 3.8) is 0 Å². The topological polar surface area (TPSA) is 64.4 Å². The zero-order chi connectivity index (χ0) is 21.5. The Morgan fingerprint density at radius 2 is 2.07 bits per heavy atom. The van der Waals surface area contributed by atoms with Crippen LogP contribution in [0.5, 0.6) is 0 Å². The van der Waals surface area contributed by atoms with E-state index in [4.69, 9.17) is 5.41 Å². The molecule has 1 unspecified atom stereocenters. The van der Waals surface area contributed by atoms with Gasteiger partial charge in [0.2, 0.25) is 0 Å². The Labute approximate surface area is 180 Å². The molecule has 6 heteroatoms. The van der Waals surface area contributed by atoms with Crippen LogP contribution in [0, 0.1) is 12.3 Å². The summed E-state index contributed by atoms with van der Waals surface area (Å²) in [7, 11) is 2.66. The smallest absolute Gasteiger partial charge is 0.123 e. The zero-order valence-electron chi connectivity index (χ0n) is 16.9. The molecule has 2 N–H and O–H groups in total. The maximum absolute atomic E-state index is 9.34. The molecule has 0 radical (unpaired) electrons. The highest BCUT2D eigenvalue weighted by atomic mass is 79.9. The number of nitrogens with zero attached hydrogens (tertiary/aromatic N) is 1. The third-order valence-corrected chi connectivity index (χ3v) is 4.74. The van der Waals surface area contributed by atoms with E-state index >= 15 is 0 Å². The van der Waals surface area contributed by atoms with Crippen molar-refractivity contribution in [1.82, 2.24) is 0 Å². The van der Waals surface area contributed by atoms with Crippen molar-refractivity contribution in [2.24, 2.45) is 0 Å². The summed E-state index contributed by atoms with van der Waals surface area (Å²) >= 11 is 3.42. The molecular formula is C22H32BrN2O2P. The number of hydrogen-bond donors (Lipinski definition) is 2. The van der Waals surface area contributed by atoms with E-state index in [2.05, 4.69) is 44.6 Å². The molecule has 0 aliphatic rings.